The molecule has 1 aromatic heterocycles. The van der Waals surface area contributed by atoms with E-state index in [-0.39, 0.29) is 10.7 Å². The first-order valence-corrected chi connectivity index (χ1v) is 8.36. The molecule has 0 fully saturated rings. The summed E-state index contributed by atoms with van der Waals surface area (Å²) in [5, 5.41) is 15.6. The topological polar surface area (TPSA) is 74.2 Å². The lowest BCUT2D eigenvalue weighted by Gasteiger charge is -2.28. The second kappa shape index (κ2) is 7.55. The van der Waals surface area contributed by atoms with Crippen LogP contribution in [0.15, 0.2) is 54.4 Å². The van der Waals surface area contributed by atoms with E-state index in [1.807, 2.05) is 0 Å². The van der Waals surface area contributed by atoms with Crippen molar-refractivity contribution in [1.82, 2.24) is 10.3 Å². The number of rotatable bonds is 3. The lowest BCUT2D eigenvalue weighted by atomic mass is 9.96. The number of halogens is 4. The summed E-state index contributed by atoms with van der Waals surface area (Å²) in [6, 6.07) is 6.31. The fraction of sp³-hybridized carbons (Fsp3) is 0.167. The molecule has 2 atom stereocenters. The minimum atomic E-state index is -4.56. The molecule has 0 saturated heterocycles. The van der Waals surface area contributed by atoms with Crippen molar-refractivity contribution in [1.29, 1.82) is 0 Å². The van der Waals surface area contributed by atoms with Gasteiger partial charge >= 0.3 is 6.18 Å². The summed E-state index contributed by atoms with van der Waals surface area (Å²) in [6.07, 6.45) is -2.27. The summed E-state index contributed by atoms with van der Waals surface area (Å²) in [5.74, 6) is -2.64. The van der Waals surface area contributed by atoms with Crippen LogP contribution in [-0.2, 0) is 11.0 Å². The molecule has 3 N–H and O–H groups in total. The number of carbonyl (C=O) groups excluding carboxylic acids is 1. The minimum absolute atomic E-state index is 0.00971. The standard InChI is InChI=1S/C18H13F4N3O2S/c19-10-2-4-11(5-3-10)24-16(27)15-13(26)7-12(25-17(15)28)9-1-6-14(23-8-9)18(20,21)22/h1-8,12,15,26H,(H,24,27)(H,25,28). The second-order valence-corrected chi connectivity index (χ2v) is 6.42. The molecule has 1 aliphatic rings. The van der Waals surface area contributed by atoms with Gasteiger partial charge in [0.15, 0.2) is 0 Å². The number of aromatic nitrogens is 1. The number of amides is 1. The molecule has 2 unspecified atom stereocenters. The number of carbonyl (C=O) groups is 1. The van der Waals surface area contributed by atoms with E-state index in [4.69, 9.17) is 12.2 Å². The molecule has 146 valence electrons. The Hall–Kier alpha value is -3.01. The summed E-state index contributed by atoms with van der Waals surface area (Å²) in [5.41, 5.74) is -0.394. The van der Waals surface area contributed by atoms with Crippen LogP contribution < -0.4 is 10.6 Å². The number of aliphatic hydroxyl groups is 1. The van der Waals surface area contributed by atoms with E-state index < -0.39 is 35.6 Å². The van der Waals surface area contributed by atoms with Crippen molar-refractivity contribution in [3.63, 3.8) is 0 Å². The maximum atomic E-state index is 12.9. The number of hydrogen-bond acceptors (Lipinski definition) is 4. The highest BCUT2D eigenvalue weighted by molar-refractivity contribution is 7.80. The number of thiocarbonyl (C=S) groups is 1. The van der Waals surface area contributed by atoms with Crippen LogP contribution in [0, 0.1) is 11.7 Å². The molecule has 10 heteroatoms. The van der Waals surface area contributed by atoms with Crippen molar-refractivity contribution in [2.24, 2.45) is 5.92 Å². The average molecular weight is 411 g/mol. The molecule has 0 aliphatic carbocycles. The molecule has 1 amide bonds. The molecule has 3 rings (SSSR count). The third kappa shape index (κ3) is 4.28. The Morgan fingerprint density at radius 1 is 1.18 bits per heavy atom. The number of hydrogen-bond donors (Lipinski definition) is 3. The number of alkyl halides is 3. The first kappa shape index (κ1) is 19.7. The smallest absolute Gasteiger partial charge is 0.433 e. The van der Waals surface area contributed by atoms with Crippen molar-refractivity contribution in [3.8, 4) is 0 Å². The van der Waals surface area contributed by atoms with E-state index in [1.54, 1.807) is 0 Å². The zero-order valence-corrected chi connectivity index (χ0v) is 14.8. The zero-order chi connectivity index (χ0) is 20.5. The van der Waals surface area contributed by atoms with Crippen LogP contribution in [0.4, 0.5) is 23.2 Å². The third-order valence-corrected chi connectivity index (χ3v) is 4.36. The molecule has 2 heterocycles. The monoisotopic (exact) mass is 411 g/mol. The van der Waals surface area contributed by atoms with Gasteiger partial charge in [0.1, 0.15) is 23.2 Å². The molecule has 1 aliphatic heterocycles. The van der Waals surface area contributed by atoms with Crippen LogP contribution >= 0.6 is 12.2 Å². The van der Waals surface area contributed by atoms with E-state index in [2.05, 4.69) is 15.6 Å². The molecule has 2 aromatic rings. The molecular formula is C18H13F4N3O2S. The quantitative estimate of drug-likeness (QED) is 0.528. The largest absolute Gasteiger partial charge is 0.511 e. The molecular weight excluding hydrogens is 398 g/mol. The molecule has 0 spiro atoms. The molecule has 0 bridgehead atoms. The van der Waals surface area contributed by atoms with E-state index in [0.29, 0.717) is 11.3 Å². The maximum Gasteiger partial charge on any atom is 0.433 e. The highest BCUT2D eigenvalue weighted by Gasteiger charge is 2.35. The number of benzene rings is 1. The second-order valence-electron chi connectivity index (χ2n) is 5.98. The van der Waals surface area contributed by atoms with Crippen molar-refractivity contribution in [2.45, 2.75) is 12.2 Å². The highest BCUT2D eigenvalue weighted by atomic mass is 32.1. The summed E-state index contributed by atoms with van der Waals surface area (Å²) in [7, 11) is 0. The van der Waals surface area contributed by atoms with E-state index in [1.165, 1.54) is 24.3 Å². The van der Waals surface area contributed by atoms with E-state index in [9.17, 15) is 27.5 Å². The first-order chi connectivity index (χ1) is 13.1. The summed E-state index contributed by atoms with van der Waals surface area (Å²) >= 11 is 5.15. The zero-order valence-electron chi connectivity index (χ0n) is 14.0. The fourth-order valence-corrected chi connectivity index (χ4v) is 2.97. The van der Waals surface area contributed by atoms with Gasteiger partial charge in [-0.25, -0.2) is 4.39 Å². The predicted molar refractivity (Wildman–Crippen MR) is 96.9 cm³/mol. The minimum Gasteiger partial charge on any atom is -0.511 e. The van der Waals surface area contributed by atoms with Gasteiger partial charge in [-0.3, -0.25) is 9.78 Å². The maximum absolute atomic E-state index is 12.9. The number of nitrogens with one attached hydrogen (secondary N) is 2. The highest BCUT2D eigenvalue weighted by Crippen LogP contribution is 2.30. The summed E-state index contributed by atoms with van der Waals surface area (Å²) in [6.45, 7) is 0. The summed E-state index contributed by atoms with van der Waals surface area (Å²) < 4.78 is 50.8. The van der Waals surface area contributed by atoms with Gasteiger partial charge in [-0.1, -0.05) is 18.3 Å². The molecule has 0 saturated carbocycles. The van der Waals surface area contributed by atoms with Crippen molar-refractivity contribution in [3.05, 3.63) is 71.5 Å². The average Bonchev–Trinajstić information content (AvgIpc) is 2.62. The Labute approximate surface area is 162 Å². The Balaban J connectivity index is 1.76. The van der Waals surface area contributed by atoms with Gasteiger partial charge in [0, 0.05) is 11.9 Å². The number of pyridine rings is 1. The first-order valence-electron chi connectivity index (χ1n) is 7.96. The predicted octanol–water partition coefficient (Wildman–Crippen LogP) is 3.91. The number of anilines is 1. The van der Waals surface area contributed by atoms with Crippen molar-refractivity contribution < 1.29 is 27.5 Å². The van der Waals surface area contributed by atoms with Gasteiger partial charge in [0.2, 0.25) is 5.91 Å². The molecule has 1 aromatic carbocycles. The molecule has 0 radical (unpaired) electrons. The van der Waals surface area contributed by atoms with Crippen LogP contribution in [0.2, 0.25) is 0 Å². The third-order valence-electron chi connectivity index (χ3n) is 4.00. The van der Waals surface area contributed by atoms with Crippen LogP contribution in [-0.4, -0.2) is 21.0 Å². The Morgan fingerprint density at radius 3 is 2.39 bits per heavy atom. The van der Waals surface area contributed by atoms with Crippen LogP contribution in [0.1, 0.15) is 17.3 Å². The van der Waals surface area contributed by atoms with Crippen LogP contribution in [0.25, 0.3) is 0 Å². The SMILES string of the molecule is O=C(Nc1ccc(F)cc1)C1C(=S)NC(c2ccc(C(F)(F)F)nc2)C=C1O. The number of aliphatic hydroxyl groups excluding tert-OH is 1. The Kier molecular flexibility index (Phi) is 5.32. The van der Waals surface area contributed by atoms with Gasteiger partial charge in [-0.05, 0) is 42.0 Å². The van der Waals surface area contributed by atoms with E-state index in [0.717, 1.165) is 24.4 Å². The summed E-state index contributed by atoms with van der Waals surface area (Å²) in [4.78, 5) is 15.8. The van der Waals surface area contributed by atoms with Crippen molar-refractivity contribution >= 4 is 28.8 Å². The van der Waals surface area contributed by atoms with Gasteiger partial charge in [-0.2, -0.15) is 13.2 Å². The Bertz CT molecular complexity index is 927. The van der Waals surface area contributed by atoms with Crippen LogP contribution in [0.5, 0.6) is 0 Å². The number of nitrogens with zero attached hydrogens (tertiary/aromatic N) is 1. The lowest BCUT2D eigenvalue weighted by Crippen LogP contribution is -2.43. The molecule has 5 nitrogen and oxygen atoms in total. The fourth-order valence-electron chi connectivity index (χ4n) is 2.62. The Morgan fingerprint density at radius 2 is 1.86 bits per heavy atom. The lowest BCUT2D eigenvalue weighted by molar-refractivity contribution is -0.141. The molecule has 28 heavy (non-hydrogen) atoms. The van der Waals surface area contributed by atoms with Gasteiger partial charge in [0.05, 0.1) is 11.0 Å². The normalized spacial score (nSPS) is 19.6. The van der Waals surface area contributed by atoms with Gasteiger partial charge in [0.25, 0.3) is 0 Å². The van der Waals surface area contributed by atoms with Crippen LogP contribution in [0.3, 0.4) is 0 Å². The van der Waals surface area contributed by atoms with Gasteiger partial charge < -0.3 is 15.7 Å². The van der Waals surface area contributed by atoms with Crippen molar-refractivity contribution in [2.75, 3.05) is 5.32 Å². The van der Waals surface area contributed by atoms with Gasteiger partial charge in [-0.15, -0.1) is 0 Å². The van der Waals surface area contributed by atoms with E-state index >= 15 is 0 Å².